The van der Waals surface area contributed by atoms with Crippen molar-refractivity contribution in [3.8, 4) is 0 Å². The molecule has 20 heavy (non-hydrogen) atoms. The molecule has 1 aromatic rings. The zero-order valence-corrected chi connectivity index (χ0v) is 13.1. The highest BCUT2D eigenvalue weighted by Gasteiger charge is 2.39. The highest BCUT2D eigenvalue weighted by atomic mass is 32.1. The van der Waals surface area contributed by atoms with E-state index < -0.39 is 0 Å². The average Bonchev–Trinajstić information content (AvgIpc) is 3.05. The fourth-order valence-electron chi connectivity index (χ4n) is 2.75. The number of thiophene rings is 1. The van der Waals surface area contributed by atoms with Gasteiger partial charge in [-0.25, -0.2) is 4.79 Å². The maximum absolute atomic E-state index is 12.0. The van der Waals surface area contributed by atoms with Gasteiger partial charge in [0.1, 0.15) is 0 Å². The topological polar surface area (TPSA) is 61.4 Å². The van der Waals surface area contributed by atoms with Crippen molar-refractivity contribution in [1.29, 1.82) is 0 Å². The minimum Gasteiger partial charge on any atom is -0.396 e. The quantitative estimate of drug-likeness (QED) is 0.782. The Morgan fingerprint density at radius 2 is 2.25 bits per heavy atom. The molecule has 1 aliphatic carbocycles. The highest BCUT2D eigenvalue weighted by molar-refractivity contribution is 7.11. The van der Waals surface area contributed by atoms with Crippen LogP contribution in [-0.4, -0.2) is 23.8 Å². The molecule has 2 atom stereocenters. The Labute approximate surface area is 124 Å². The van der Waals surface area contributed by atoms with Gasteiger partial charge in [0.05, 0.1) is 13.2 Å². The van der Waals surface area contributed by atoms with Gasteiger partial charge < -0.3 is 15.7 Å². The number of carbonyl (C=O) groups is 1. The first-order valence-electron chi connectivity index (χ1n) is 7.30. The van der Waals surface area contributed by atoms with Crippen LogP contribution in [0.5, 0.6) is 0 Å². The molecule has 0 saturated heterocycles. The van der Waals surface area contributed by atoms with Crippen LogP contribution < -0.4 is 10.6 Å². The fourth-order valence-corrected chi connectivity index (χ4v) is 3.65. The Balaban J connectivity index is 1.80. The summed E-state index contributed by atoms with van der Waals surface area (Å²) in [5.74, 6) is 0. The van der Waals surface area contributed by atoms with Gasteiger partial charge in [-0.1, -0.05) is 20.3 Å². The van der Waals surface area contributed by atoms with Gasteiger partial charge in [0.25, 0.3) is 0 Å². The lowest BCUT2D eigenvalue weighted by molar-refractivity contribution is 0.121. The molecule has 1 heterocycles. The number of hydrogen-bond acceptors (Lipinski definition) is 3. The van der Waals surface area contributed by atoms with E-state index in [0.717, 1.165) is 25.7 Å². The first kappa shape index (κ1) is 15.3. The Morgan fingerprint density at radius 1 is 1.50 bits per heavy atom. The number of nitrogens with one attached hydrogen (secondary N) is 2. The summed E-state index contributed by atoms with van der Waals surface area (Å²) < 4.78 is 0. The smallest absolute Gasteiger partial charge is 0.315 e. The molecule has 2 rings (SSSR count). The van der Waals surface area contributed by atoms with Crippen LogP contribution in [0, 0.1) is 5.41 Å². The molecule has 1 aliphatic rings. The third-order valence-corrected chi connectivity index (χ3v) is 5.47. The van der Waals surface area contributed by atoms with Crippen LogP contribution in [0.15, 0.2) is 12.1 Å². The average molecular weight is 296 g/mol. The van der Waals surface area contributed by atoms with E-state index in [0.29, 0.717) is 6.54 Å². The molecule has 0 spiro atoms. The molecule has 1 aromatic heterocycles. The molecule has 2 amide bonds. The van der Waals surface area contributed by atoms with Gasteiger partial charge in [0.2, 0.25) is 0 Å². The maximum atomic E-state index is 12.0. The Hall–Kier alpha value is -1.07. The lowest BCUT2D eigenvalue weighted by Gasteiger charge is -2.30. The predicted octanol–water partition coefficient (Wildman–Crippen LogP) is 2.66. The molecule has 1 saturated carbocycles. The van der Waals surface area contributed by atoms with Crippen molar-refractivity contribution in [2.24, 2.45) is 5.41 Å². The van der Waals surface area contributed by atoms with Gasteiger partial charge in [0, 0.05) is 21.2 Å². The van der Waals surface area contributed by atoms with E-state index in [1.165, 1.54) is 9.75 Å². The number of aliphatic hydroxyl groups excluding tert-OH is 1. The maximum Gasteiger partial charge on any atom is 0.315 e. The standard InChI is InChI=1S/C15H24N2O2S/c1-3-11-6-7-12(20-11)9-16-14(19)17-13-5-4-8-15(13,2)10-18/h6-7,13,18H,3-5,8-10H2,1-2H3,(H2,16,17,19). The predicted molar refractivity (Wildman–Crippen MR) is 81.9 cm³/mol. The summed E-state index contributed by atoms with van der Waals surface area (Å²) in [5, 5.41) is 15.4. The second-order valence-electron chi connectivity index (χ2n) is 5.81. The molecule has 4 nitrogen and oxygen atoms in total. The second kappa shape index (κ2) is 6.59. The number of urea groups is 1. The minimum atomic E-state index is -0.171. The summed E-state index contributed by atoms with van der Waals surface area (Å²) in [6.07, 6.45) is 4.02. The first-order chi connectivity index (χ1) is 9.57. The van der Waals surface area contributed by atoms with Crippen molar-refractivity contribution in [3.05, 3.63) is 21.9 Å². The molecule has 1 fully saturated rings. The summed E-state index contributed by atoms with van der Waals surface area (Å²) in [6, 6.07) is 4.11. The van der Waals surface area contributed by atoms with Gasteiger partial charge in [-0.05, 0) is 31.4 Å². The third kappa shape index (κ3) is 3.52. The second-order valence-corrected chi connectivity index (χ2v) is 7.06. The largest absolute Gasteiger partial charge is 0.396 e. The zero-order chi connectivity index (χ0) is 14.6. The van der Waals surface area contributed by atoms with Crippen LogP contribution in [0.25, 0.3) is 0 Å². The van der Waals surface area contributed by atoms with E-state index >= 15 is 0 Å². The monoisotopic (exact) mass is 296 g/mol. The highest BCUT2D eigenvalue weighted by Crippen LogP contribution is 2.37. The van der Waals surface area contributed by atoms with E-state index in [2.05, 4.69) is 29.7 Å². The van der Waals surface area contributed by atoms with E-state index in [-0.39, 0.29) is 24.1 Å². The molecule has 0 aliphatic heterocycles. The van der Waals surface area contributed by atoms with E-state index in [1.54, 1.807) is 11.3 Å². The molecule has 5 heteroatoms. The molecular weight excluding hydrogens is 272 g/mol. The molecule has 0 bridgehead atoms. The SMILES string of the molecule is CCc1ccc(CNC(=O)NC2CCCC2(C)CO)s1. The molecular formula is C15H24N2O2S. The van der Waals surface area contributed by atoms with Crippen LogP contribution >= 0.6 is 11.3 Å². The number of carbonyl (C=O) groups excluding carboxylic acids is 1. The Morgan fingerprint density at radius 3 is 2.90 bits per heavy atom. The number of aryl methyl sites for hydroxylation is 1. The van der Waals surface area contributed by atoms with Crippen LogP contribution in [0.1, 0.15) is 42.9 Å². The summed E-state index contributed by atoms with van der Waals surface area (Å²) in [6.45, 7) is 4.87. The number of rotatable bonds is 5. The molecule has 112 valence electrons. The van der Waals surface area contributed by atoms with Crippen LogP contribution in [-0.2, 0) is 13.0 Å². The molecule has 2 unspecified atom stereocenters. The Bertz CT molecular complexity index is 460. The van der Waals surface area contributed by atoms with E-state index in [1.807, 2.05) is 6.92 Å². The van der Waals surface area contributed by atoms with Crippen LogP contribution in [0.4, 0.5) is 4.79 Å². The van der Waals surface area contributed by atoms with Gasteiger partial charge in [-0.3, -0.25) is 0 Å². The zero-order valence-electron chi connectivity index (χ0n) is 12.2. The third-order valence-electron chi connectivity index (χ3n) is 4.24. The fraction of sp³-hybridized carbons (Fsp3) is 0.667. The molecule has 3 N–H and O–H groups in total. The van der Waals surface area contributed by atoms with Crippen LogP contribution in [0.3, 0.4) is 0 Å². The first-order valence-corrected chi connectivity index (χ1v) is 8.12. The summed E-state index contributed by atoms with van der Waals surface area (Å²) in [4.78, 5) is 14.5. The van der Waals surface area contributed by atoms with Crippen molar-refractivity contribution in [2.75, 3.05) is 6.61 Å². The minimum absolute atomic E-state index is 0.0713. The van der Waals surface area contributed by atoms with Gasteiger partial charge in [0.15, 0.2) is 0 Å². The van der Waals surface area contributed by atoms with Crippen molar-refractivity contribution in [2.45, 2.75) is 52.1 Å². The summed E-state index contributed by atoms with van der Waals surface area (Å²) >= 11 is 1.74. The number of aliphatic hydroxyl groups is 1. The van der Waals surface area contributed by atoms with Crippen molar-refractivity contribution < 1.29 is 9.90 Å². The van der Waals surface area contributed by atoms with Gasteiger partial charge in [-0.15, -0.1) is 11.3 Å². The lowest BCUT2D eigenvalue weighted by Crippen LogP contribution is -2.48. The number of hydrogen-bond donors (Lipinski definition) is 3. The normalized spacial score (nSPS) is 25.6. The molecule has 0 aromatic carbocycles. The van der Waals surface area contributed by atoms with Crippen molar-refractivity contribution in [3.63, 3.8) is 0 Å². The van der Waals surface area contributed by atoms with Gasteiger partial charge >= 0.3 is 6.03 Å². The van der Waals surface area contributed by atoms with Gasteiger partial charge in [-0.2, -0.15) is 0 Å². The lowest BCUT2D eigenvalue weighted by atomic mass is 9.86. The summed E-state index contributed by atoms with van der Waals surface area (Å²) in [5.41, 5.74) is -0.171. The van der Waals surface area contributed by atoms with Crippen LogP contribution in [0.2, 0.25) is 0 Å². The van der Waals surface area contributed by atoms with E-state index in [4.69, 9.17) is 0 Å². The Kier molecular flexibility index (Phi) is 5.05. The van der Waals surface area contributed by atoms with Crippen molar-refractivity contribution in [1.82, 2.24) is 10.6 Å². The molecule has 0 radical (unpaired) electrons. The summed E-state index contributed by atoms with van der Waals surface area (Å²) in [7, 11) is 0. The van der Waals surface area contributed by atoms with Crippen molar-refractivity contribution >= 4 is 17.4 Å². The number of amides is 2. The van der Waals surface area contributed by atoms with E-state index in [9.17, 15) is 9.90 Å².